The number of hydrogen-bond acceptors (Lipinski definition) is 2. The second-order valence-corrected chi connectivity index (χ2v) is 5.99. The Labute approximate surface area is 104 Å². The number of rotatable bonds is 3. The van der Waals surface area contributed by atoms with Gasteiger partial charge in [0.2, 0.25) is 0 Å². The van der Waals surface area contributed by atoms with E-state index in [0.717, 1.165) is 11.1 Å². The van der Waals surface area contributed by atoms with Crippen LogP contribution in [0.2, 0.25) is 0 Å². The Bertz CT molecular complexity index is 546. The molecule has 1 rings (SSSR count). The highest BCUT2D eigenvalue weighted by molar-refractivity contribution is 7.90. The van der Waals surface area contributed by atoms with Crippen molar-refractivity contribution in [1.82, 2.24) is 0 Å². The third kappa shape index (κ3) is 3.30. The van der Waals surface area contributed by atoms with E-state index in [9.17, 15) is 8.42 Å². The van der Waals surface area contributed by atoms with Crippen molar-refractivity contribution in [2.75, 3.05) is 6.26 Å². The van der Waals surface area contributed by atoms with Crippen LogP contribution >= 0.6 is 0 Å². The zero-order chi connectivity index (χ0) is 13.1. The first kappa shape index (κ1) is 13.7. The molecule has 0 saturated heterocycles. The van der Waals surface area contributed by atoms with Crippen LogP contribution in [0.3, 0.4) is 0 Å². The Morgan fingerprint density at radius 3 is 1.94 bits per heavy atom. The normalized spacial score (nSPS) is 13.9. The summed E-state index contributed by atoms with van der Waals surface area (Å²) in [5, 5.41) is 0. The Morgan fingerprint density at radius 1 is 1.06 bits per heavy atom. The maximum Gasteiger partial charge on any atom is 0.175 e. The second kappa shape index (κ2) is 5.32. The summed E-state index contributed by atoms with van der Waals surface area (Å²) in [5.74, 6) is 0. The molecular weight excluding hydrogens is 232 g/mol. The Balaban J connectivity index is 3.20. The van der Waals surface area contributed by atoms with E-state index >= 15 is 0 Å². The fourth-order valence-electron chi connectivity index (χ4n) is 1.66. The van der Waals surface area contributed by atoms with Gasteiger partial charge in [-0.2, -0.15) is 0 Å². The predicted molar refractivity (Wildman–Crippen MR) is 72.6 cm³/mol. The van der Waals surface area contributed by atoms with E-state index in [4.69, 9.17) is 0 Å². The lowest BCUT2D eigenvalue weighted by molar-refractivity contribution is 0.602. The van der Waals surface area contributed by atoms with E-state index in [1.807, 2.05) is 45.1 Å². The monoisotopic (exact) mass is 250 g/mol. The Hall–Kier alpha value is -1.35. The van der Waals surface area contributed by atoms with Gasteiger partial charge in [-0.05, 0) is 49.6 Å². The number of benzene rings is 1. The standard InChI is InChI=1S/C14H18O2S/c1-5-11(3)14(6-2)12-7-9-13(10-8-12)17(4,15)16/h5-10H,1-4H3. The van der Waals surface area contributed by atoms with Crippen molar-refractivity contribution in [3.05, 3.63) is 47.6 Å². The van der Waals surface area contributed by atoms with Gasteiger partial charge in [0.15, 0.2) is 9.84 Å². The zero-order valence-corrected chi connectivity index (χ0v) is 11.5. The van der Waals surface area contributed by atoms with E-state index in [-0.39, 0.29) is 0 Å². The molecule has 1 aromatic rings. The van der Waals surface area contributed by atoms with Crippen molar-refractivity contribution >= 4 is 15.4 Å². The van der Waals surface area contributed by atoms with Gasteiger partial charge in [0, 0.05) is 6.26 Å². The highest BCUT2D eigenvalue weighted by Gasteiger charge is 2.08. The minimum atomic E-state index is -3.11. The molecule has 0 amide bonds. The summed E-state index contributed by atoms with van der Waals surface area (Å²) < 4.78 is 22.7. The van der Waals surface area contributed by atoms with Crippen LogP contribution in [-0.4, -0.2) is 14.7 Å². The molecule has 0 radical (unpaired) electrons. The van der Waals surface area contributed by atoms with Crippen LogP contribution in [0, 0.1) is 0 Å². The molecule has 1 aromatic carbocycles. The zero-order valence-electron chi connectivity index (χ0n) is 10.7. The van der Waals surface area contributed by atoms with E-state index in [0.29, 0.717) is 4.90 Å². The summed E-state index contributed by atoms with van der Waals surface area (Å²) in [7, 11) is -3.11. The molecule has 0 saturated carbocycles. The molecule has 0 aliphatic heterocycles. The van der Waals surface area contributed by atoms with Gasteiger partial charge in [0.05, 0.1) is 4.90 Å². The topological polar surface area (TPSA) is 34.1 Å². The molecule has 0 fully saturated rings. The lowest BCUT2D eigenvalue weighted by Crippen LogP contribution is -1.97. The van der Waals surface area contributed by atoms with E-state index in [2.05, 4.69) is 0 Å². The van der Waals surface area contributed by atoms with Crippen molar-refractivity contribution < 1.29 is 8.42 Å². The summed E-state index contributed by atoms with van der Waals surface area (Å²) in [5.41, 5.74) is 3.35. The first-order chi connectivity index (χ1) is 7.90. The average Bonchev–Trinajstić information content (AvgIpc) is 2.29. The molecule has 0 aromatic heterocycles. The number of allylic oxidation sites excluding steroid dienone is 4. The van der Waals surface area contributed by atoms with Gasteiger partial charge in [-0.3, -0.25) is 0 Å². The minimum absolute atomic E-state index is 0.356. The largest absolute Gasteiger partial charge is 0.224 e. The van der Waals surface area contributed by atoms with Crippen molar-refractivity contribution in [3.63, 3.8) is 0 Å². The predicted octanol–water partition coefficient (Wildman–Crippen LogP) is 3.46. The molecule has 3 heteroatoms. The summed E-state index contributed by atoms with van der Waals surface area (Å²) >= 11 is 0. The maximum absolute atomic E-state index is 11.3. The van der Waals surface area contributed by atoms with Crippen LogP contribution in [-0.2, 0) is 9.84 Å². The van der Waals surface area contributed by atoms with Crippen LogP contribution in [0.4, 0.5) is 0 Å². The van der Waals surface area contributed by atoms with Crippen molar-refractivity contribution in [3.8, 4) is 0 Å². The van der Waals surface area contributed by atoms with Gasteiger partial charge in [0.25, 0.3) is 0 Å². The van der Waals surface area contributed by atoms with Crippen molar-refractivity contribution in [2.45, 2.75) is 25.7 Å². The summed E-state index contributed by atoms with van der Waals surface area (Å²) in [6, 6.07) is 6.99. The molecule has 2 nitrogen and oxygen atoms in total. The molecule has 0 spiro atoms. The van der Waals surface area contributed by atoms with E-state index < -0.39 is 9.84 Å². The SMILES string of the molecule is CC=C(C)C(=CC)c1ccc(S(C)(=O)=O)cc1. The summed E-state index contributed by atoms with van der Waals surface area (Å²) in [6.07, 6.45) is 5.29. The van der Waals surface area contributed by atoms with Crippen LogP contribution in [0.15, 0.2) is 46.9 Å². The Morgan fingerprint density at radius 2 is 1.59 bits per heavy atom. The molecule has 92 valence electrons. The van der Waals surface area contributed by atoms with E-state index in [1.54, 1.807) is 12.1 Å². The molecule has 0 aliphatic rings. The summed E-state index contributed by atoms with van der Waals surface area (Å²) in [6.45, 7) is 6.01. The lowest BCUT2D eigenvalue weighted by Gasteiger charge is -2.08. The number of hydrogen-bond donors (Lipinski definition) is 0. The highest BCUT2D eigenvalue weighted by atomic mass is 32.2. The molecular formula is C14H18O2S. The van der Waals surface area contributed by atoms with Gasteiger partial charge in [0.1, 0.15) is 0 Å². The number of sulfone groups is 1. The van der Waals surface area contributed by atoms with Gasteiger partial charge in [-0.1, -0.05) is 24.3 Å². The quantitative estimate of drug-likeness (QED) is 0.770. The summed E-state index contributed by atoms with van der Waals surface area (Å²) in [4.78, 5) is 0.356. The maximum atomic E-state index is 11.3. The van der Waals surface area contributed by atoms with Crippen LogP contribution in [0.1, 0.15) is 26.3 Å². The molecule has 0 N–H and O–H groups in total. The van der Waals surface area contributed by atoms with Gasteiger partial charge >= 0.3 is 0 Å². The molecule has 0 aliphatic carbocycles. The van der Waals surface area contributed by atoms with E-state index in [1.165, 1.54) is 11.8 Å². The fourth-order valence-corrected chi connectivity index (χ4v) is 2.29. The molecule has 0 bridgehead atoms. The Kier molecular flexibility index (Phi) is 4.29. The van der Waals surface area contributed by atoms with Crippen LogP contribution in [0.5, 0.6) is 0 Å². The fraction of sp³-hybridized carbons (Fsp3) is 0.286. The van der Waals surface area contributed by atoms with Crippen LogP contribution < -0.4 is 0 Å². The van der Waals surface area contributed by atoms with Gasteiger partial charge < -0.3 is 0 Å². The molecule has 0 heterocycles. The van der Waals surface area contributed by atoms with Gasteiger partial charge in [-0.15, -0.1) is 0 Å². The third-order valence-corrected chi connectivity index (χ3v) is 3.87. The first-order valence-electron chi connectivity index (χ1n) is 5.50. The first-order valence-corrected chi connectivity index (χ1v) is 7.39. The van der Waals surface area contributed by atoms with Crippen LogP contribution in [0.25, 0.3) is 5.57 Å². The minimum Gasteiger partial charge on any atom is -0.224 e. The smallest absolute Gasteiger partial charge is 0.175 e. The molecule has 0 unspecified atom stereocenters. The average molecular weight is 250 g/mol. The lowest BCUT2D eigenvalue weighted by atomic mass is 9.99. The van der Waals surface area contributed by atoms with Crippen molar-refractivity contribution in [2.24, 2.45) is 0 Å². The second-order valence-electron chi connectivity index (χ2n) is 3.97. The highest BCUT2D eigenvalue weighted by Crippen LogP contribution is 2.23. The van der Waals surface area contributed by atoms with Crippen molar-refractivity contribution in [1.29, 1.82) is 0 Å². The third-order valence-electron chi connectivity index (χ3n) is 2.74. The molecule has 17 heavy (non-hydrogen) atoms. The molecule has 0 atom stereocenters. The van der Waals surface area contributed by atoms with Gasteiger partial charge in [-0.25, -0.2) is 8.42 Å².